The molecule has 102 valence electrons. The van der Waals surface area contributed by atoms with Gasteiger partial charge in [-0.05, 0) is 18.9 Å². The predicted octanol–water partition coefficient (Wildman–Crippen LogP) is 1.39. The molecule has 0 spiro atoms. The molecular formula is C10H13N5O4. The number of rotatable bonds is 6. The molecule has 2 atom stereocenters. The highest BCUT2D eigenvalue weighted by Gasteiger charge is 2.22. The molecule has 1 aromatic heterocycles. The molecule has 0 saturated heterocycles. The van der Waals surface area contributed by atoms with Crippen molar-refractivity contribution in [2.45, 2.75) is 25.6 Å². The molecule has 0 saturated carbocycles. The highest BCUT2D eigenvalue weighted by atomic mass is 16.6. The van der Waals surface area contributed by atoms with Crippen LogP contribution in [-0.2, 0) is 0 Å². The normalized spacial score (nSPS) is 13.4. The molecule has 0 bridgehead atoms. The topological polar surface area (TPSA) is 145 Å². The van der Waals surface area contributed by atoms with E-state index >= 15 is 0 Å². The van der Waals surface area contributed by atoms with Crippen LogP contribution < -0.4 is 0 Å². The van der Waals surface area contributed by atoms with Crippen LogP contribution in [0, 0.1) is 17.0 Å². The number of nitro groups is 1. The Bertz CT molecular complexity index is 515. The SMILES string of the molecule is Cc1ncc(C(O)C(O)CCN=[N+]=[N-])cc1[N+](=O)[O-]. The predicted molar refractivity (Wildman–Crippen MR) is 65.2 cm³/mol. The standard InChI is InChI=1S/C10H13N5O4/c1-6-8(15(18)19)4-7(5-12-6)10(17)9(16)2-3-13-14-11/h4-5,9-10,16-17H,2-3H2,1H3. The molecule has 1 rings (SSSR count). The molecule has 0 aliphatic heterocycles. The van der Waals surface area contributed by atoms with Crippen molar-refractivity contribution < 1.29 is 15.1 Å². The first-order valence-electron chi connectivity index (χ1n) is 5.45. The summed E-state index contributed by atoms with van der Waals surface area (Å²) in [6.07, 6.45) is -1.19. The summed E-state index contributed by atoms with van der Waals surface area (Å²) >= 11 is 0. The zero-order valence-corrected chi connectivity index (χ0v) is 10.2. The average molecular weight is 267 g/mol. The second-order valence-corrected chi connectivity index (χ2v) is 3.89. The van der Waals surface area contributed by atoms with Crippen LogP contribution in [0.1, 0.15) is 23.8 Å². The first-order chi connectivity index (χ1) is 8.97. The average Bonchev–Trinajstić information content (AvgIpc) is 2.38. The lowest BCUT2D eigenvalue weighted by molar-refractivity contribution is -0.385. The summed E-state index contributed by atoms with van der Waals surface area (Å²) in [4.78, 5) is 16.5. The van der Waals surface area contributed by atoms with E-state index in [1.807, 2.05) is 0 Å². The summed E-state index contributed by atoms with van der Waals surface area (Å²) in [6.45, 7) is 1.50. The van der Waals surface area contributed by atoms with Crippen molar-refractivity contribution in [3.05, 3.63) is 44.1 Å². The second-order valence-electron chi connectivity index (χ2n) is 3.89. The van der Waals surface area contributed by atoms with Crippen LogP contribution in [0.2, 0.25) is 0 Å². The van der Waals surface area contributed by atoms with E-state index in [1.54, 1.807) is 0 Å². The summed E-state index contributed by atoms with van der Waals surface area (Å²) in [7, 11) is 0. The van der Waals surface area contributed by atoms with Gasteiger partial charge in [-0.2, -0.15) is 0 Å². The van der Waals surface area contributed by atoms with Gasteiger partial charge in [0, 0.05) is 29.3 Å². The third-order valence-corrected chi connectivity index (χ3v) is 2.57. The van der Waals surface area contributed by atoms with Crippen molar-refractivity contribution in [1.82, 2.24) is 4.98 Å². The Balaban J connectivity index is 2.87. The van der Waals surface area contributed by atoms with Gasteiger partial charge in [-0.3, -0.25) is 15.1 Å². The van der Waals surface area contributed by atoms with E-state index in [4.69, 9.17) is 5.53 Å². The van der Waals surface area contributed by atoms with Crippen LogP contribution in [0.4, 0.5) is 5.69 Å². The third-order valence-electron chi connectivity index (χ3n) is 2.57. The molecule has 0 aromatic carbocycles. The molecule has 1 heterocycles. The number of pyridine rings is 1. The van der Waals surface area contributed by atoms with E-state index in [0.29, 0.717) is 0 Å². The van der Waals surface area contributed by atoms with Gasteiger partial charge in [0.2, 0.25) is 0 Å². The third kappa shape index (κ3) is 3.88. The Kier molecular flexibility index (Phi) is 5.19. The fraction of sp³-hybridized carbons (Fsp3) is 0.500. The molecule has 9 heteroatoms. The van der Waals surface area contributed by atoms with Crippen LogP contribution in [0.5, 0.6) is 0 Å². The molecule has 2 unspecified atom stereocenters. The Morgan fingerprint density at radius 3 is 2.89 bits per heavy atom. The molecular weight excluding hydrogens is 254 g/mol. The van der Waals surface area contributed by atoms with Gasteiger partial charge in [-0.1, -0.05) is 5.11 Å². The van der Waals surface area contributed by atoms with E-state index < -0.39 is 17.1 Å². The number of nitrogens with zero attached hydrogens (tertiary/aromatic N) is 5. The smallest absolute Gasteiger partial charge is 0.290 e. The van der Waals surface area contributed by atoms with Crippen molar-refractivity contribution in [3.63, 3.8) is 0 Å². The van der Waals surface area contributed by atoms with Crippen LogP contribution >= 0.6 is 0 Å². The Labute approximate surface area is 108 Å². The fourth-order valence-corrected chi connectivity index (χ4v) is 1.50. The first kappa shape index (κ1) is 14.8. The summed E-state index contributed by atoms with van der Waals surface area (Å²) in [5.41, 5.74) is 8.24. The molecule has 9 nitrogen and oxygen atoms in total. The van der Waals surface area contributed by atoms with Crippen LogP contribution in [0.25, 0.3) is 10.4 Å². The summed E-state index contributed by atoms with van der Waals surface area (Å²) in [5, 5.41) is 33.5. The molecule has 0 aliphatic carbocycles. The summed E-state index contributed by atoms with van der Waals surface area (Å²) < 4.78 is 0. The quantitative estimate of drug-likeness (QED) is 0.263. The maximum Gasteiger partial charge on any atom is 0.290 e. The van der Waals surface area contributed by atoms with Gasteiger partial charge >= 0.3 is 0 Å². The molecule has 0 fully saturated rings. The van der Waals surface area contributed by atoms with Gasteiger partial charge in [0.1, 0.15) is 11.8 Å². The number of aliphatic hydroxyl groups is 2. The maximum absolute atomic E-state index is 10.7. The highest BCUT2D eigenvalue weighted by Crippen LogP contribution is 2.24. The van der Waals surface area contributed by atoms with E-state index in [1.165, 1.54) is 19.2 Å². The minimum absolute atomic E-state index is 0.0239. The van der Waals surface area contributed by atoms with Crippen LogP contribution in [0.3, 0.4) is 0 Å². The lowest BCUT2D eigenvalue weighted by Crippen LogP contribution is -2.19. The Morgan fingerprint density at radius 1 is 1.63 bits per heavy atom. The van der Waals surface area contributed by atoms with Crippen molar-refractivity contribution in [2.24, 2.45) is 5.11 Å². The molecule has 1 aromatic rings. The lowest BCUT2D eigenvalue weighted by Gasteiger charge is -2.17. The van der Waals surface area contributed by atoms with Gasteiger partial charge < -0.3 is 10.2 Å². The summed E-state index contributed by atoms with van der Waals surface area (Å²) in [6, 6.07) is 1.17. The second kappa shape index (κ2) is 6.64. The molecule has 19 heavy (non-hydrogen) atoms. The van der Waals surface area contributed by atoms with E-state index in [0.717, 1.165) is 0 Å². The van der Waals surface area contributed by atoms with Gasteiger partial charge in [-0.15, -0.1) is 0 Å². The van der Waals surface area contributed by atoms with Crippen molar-refractivity contribution in [1.29, 1.82) is 0 Å². The minimum Gasteiger partial charge on any atom is -0.390 e. The van der Waals surface area contributed by atoms with Gasteiger partial charge in [-0.25, -0.2) is 0 Å². The number of azide groups is 1. The number of aromatic nitrogens is 1. The highest BCUT2D eigenvalue weighted by molar-refractivity contribution is 5.38. The van der Waals surface area contributed by atoms with Crippen LogP contribution in [-0.4, -0.2) is 32.8 Å². The largest absolute Gasteiger partial charge is 0.390 e. The summed E-state index contributed by atoms with van der Waals surface area (Å²) in [5.74, 6) is 0. The lowest BCUT2D eigenvalue weighted by atomic mass is 10.0. The minimum atomic E-state index is -1.32. The number of hydrogen-bond donors (Lipinski definition) is 2. The van der Waals surface area contributed by atoms with Crippen molar-refractivity contribution in [3.8, 4) is 0 Å². The number of aryl methyl sites for hydroxylation is 1. The zero-order chi connectivity index (χ0) is 14.4. The van der Waals surface area contributed by atoms with E-state index in [9.17, 15) is 20.3 Å². The van der Waals surface area contributed by atoms with Gasteiger partial charge in [0.15, 0.2) is 0 Å². The van der Waals surface area contributed by atoms with Crippen LogP contribution in [0.15, 0.2) is 17.4 Å². The maximum atomic E-state index is 10.7. The number of hydrogen-bond acceptors (Lipinski definition) is 6. The van der Waals surface area contributed by atoms with Crippen molar-refractivity contribution in [2.75, 3.05) is 6.54 Å². The van der Waals surface area contributed by atoms with E-state index in [-0.39, 0.29) is 29.9 Å². The monoisotopic (exact) mass is 267 g/mol. The fourth-order valence-electron chi connectivity index (χ4n) is 1.50. The Hall–Kier alpha value is -2.22. The van der Waals surface area contributed by atoms with Gasteiger partial charge in [0.25, 0.3) is 5.69 Å². The molecule has 2 N–H and O–H groups in total. The van der Waals surface area contributed by atoms with Gasteiger partial charge in [0.05, 0.1) is 11.0 Å². The zero-order valence-electron chi connectivity index (χ0n) is 10.2. The van der Waals surface area contributed by atoms with Crippen molar-refractivity contribution >= 4 is 5.69 Å². The molecule has 0 amide bonds. The first-order valence-corrected chi connectivity index (χ1v) is 5.45. The number of aliphatic hydroxyl groups excluding tert-OH is 2. The van der Waals surface area contributed by atoms with E-state index in [2.05, 4.69) is 15.0 Å². The molecule has 0 radical (unpaired) electrons. The molecule has 0 aliphatic rings. The Morgan fingerprint density at radius 2 is 2.32 bits per heavy atom.